The molecule has 6 heteroatoms. The molecule has 0 aliphatic carbocycles. The van der Waals surface area contributed by atoms with Crippen LogP contribution in [0.15, 0.2) is 12.1 Å². The lowest BCUT2D eigenvalue weighted by Crippen LogP contribution is -2.30. The topological polar surface area (TPSA) is 71.2 Å². The second-order valence-electron chi connectivity index (χ2n) is 4.29. The minimum absolute atomic E-state index is 0.0977. The molecule has 17 heavy (non-hydrogen) atoms. The van der Waals surface area contributed by atoms with Crippen LogP contribution in [0.5, 0.6) is 0 Å². The first kappa shape index (κ1) is 13.7. The highest BCUT2D eigenvalue weighted by Gasteiger charge is 2.14. The van der Waals surface area contributed by atoms with Crippen molar-refractivity contribution in [3.8, 4) is 0 Å². The fourth-order valence-corrected chi connectivity index (χ4v) is 1.75. The number of carbonyl (C=O) groups excluding carboxylic acids is 1. The SMILES string of the molecule is CC(C)CN(C)C(=O)c1cc(Cl)nc(NN)c1. The zero-order chi connectivity index (χ0) is 13.0. The molecular formula is C11H17ClN4O. The van der Waals surface area contributed by atoms with E-state index in [4.69, 9.17) is 17.4 Å². The number of hydrazine groups is 1. The van der Waals surface area contributed by atoms with Crippen molar-refractivity contribution in [2.24, 2.45) is 11.8 Å². The Hall–Kier alpha value is -1.33. The van der Waals surface area contributed by atoms with Gasteiger partial charge >= 0.3 is 0 Å². The normalized spacial score (nSPS) is 10.5. The fraction of sp³-hybridized carbons (Fsp3) is 0.455. The van der Waals surface area contributed by atoms with Crippen molar-refractivity contribution in [2.45, 2.75) is 13.8 Å². The summed E-state index contributed by atoms with van der Waals surface area (Å²) in [6.45, 7) is 4.79. The van der Waals surface area contributed by atoms with Crippen LogP contribution in [0.3, 0.4) is 0 Å². The summed E-state index contributed by atoms with van der Waals surface area (Å²) >= 11 is 5.81. The Morgan fingerprint density at radius 3 is 2.76 bits per heavy atom. The number of amides is 1. The van der Waals surface area contributed by atoms with Gasteiger partial charge in [0.25, 0.3) is 5.91 Å². The van der Waals surface area contributed by atoms with Gasteiger partial charge in [-0.25, -0.2) is 10.8 Å². The van der Waals surface area contributed by atoms with Crippen LogP contribution in [0.25, 0.3) is 0 Å². The summed E-state index contributed by atoms with van der Waals surface area (Å²) in [5, 5.41) is 0.238. The Morgan fingerprint density at radius 2 is 2.24 bits per heavy atom. The molecular weight excluding hydrogens is 240 g/mol. The molecule has 0 atom stereocenters. The van der Waals surface area contributed by atoms with E-state index in [0.29, 0.717) is 23.8 Å². The van der Waals surface area contributed by atoms with Gasteiger partial charge in [-0.1, -0.05) is 25.4 Å². The van der Waals surface area contributed by atoms with E-state index in [-0.39, 0.29) is 11.1 Å². The fourth-order valence-electron chi connectivity index (χ4n) is 1.55. The number of nitrogens with one attached hydrogen (secondary N) is 1. The van der Waals surface area contributed by atoms with Gasteiger partial charge in [-0.05, 0) is 18.1 Å². The molecule has 1 aromatic rings. The van der Waals surface area contributed by atoms with Crippen molar-refractivity contribution < 1.29 is 4.79 Å². The van der Waals surface area contributed by atoms with E-state index >= 15 is 0 Å². The average molecular weight is 257 g/mol. The summed E-state index contributed by atoms with van der Waals surface area (Å²) in [6, 6.07) is 3.10. The van der Waals surface area contributed by atoms with Crippen molar-refractivity contribution in [1.29, 1.82) is 0 Å². The van der Waals surface area contributed by atoms with Crippen LogP contribution >= 0.6 is 11.6 Å². The Kier molecular flexibility index (Phi) is 4.72. The van der Waals surface area contributed by atoms with Gasteiger partial charge in [0.05, 0.1) is 0 Å². The van der Waals surface area contributed by atoms with Gasteiger partial charge in [0.1, 0.15) is 11.0 Å². The lowest BCUT2D eigenvalue weighted by Gasteiger charge is -2.19. The summed E-state index contributed by atoms with van der Waals surface area (Å²) < 4.78 is 0. The maximum absolute atomic E-state index is 12.1. The lowest BCUT2D eigenvalue weighted by atomic mass is 10.2. The molecule has 0 bridgehead atoms. The summed E-state index contributed by atoms with van der Waals surface area (Å²) in [4.78, 5) is 17.6. The Balaban J connectivity index is 2.91. The van der Waals surface area contributed by atoms with Crippen LogP contribution < -0.4 is 11.3 Å². The van der Waals surface area contributed by atoms with E-state index in [9.17, 15) is 4.79 Å². The molecule has 0 fully saturated rings. The average Bonchev–Trinajstić information content (AvgIpc) is 2.26. The van der Waals surface area contributed by atoms with E-state index in [1.165, 1.54) is 6.07 Å². The number of aromatic nitrogens is 1. The maximum atomic E-state index is 12.1. The zero-order valence-corrected chi connectivity index (χ0v) is 11.0. The molecule has 0 unspecified atom stereocenters. The molecule has 0 saturated heterocycles. The molecule has 1 amide bonds. The molecule has 5 nitrogen and oxygen atoms in total. The molecule has 0 radical (unpaired) electrons. The van der Waals surface area contributed by atoms with E-state index < -0.39 is 0 Å². The quantitative estimate of drug-likeness (QED) is 0.489. The molecule has 0 saturated carbocycles. The lowest BCUT2D eigenvalue weighted by molar-refractivity contribution is 0.0779. The molecule has 1 heterocycles. The first-order chi connectivity index (χ1) is 7.93. The van der Waals surface area contributed by atoms with Crippen LogP contribution in [0.1, 0.15) is 24.2 Å². The molecule has 0 aliphatic heterocycles. The first-order valence-corrected chi connectivity index (χ1v) is 5.71. The van der Waals surface area contributed by atoms with Gasteiger partial charge < -0.3 is 10.3 Å². The Labute approximate surface area is 106 Å². The van der Waals surface area contributed by atoms with E-state index in [1.54, 1.807) is 18.0 Å². The number of carbonyl (C=O) groups is 1. The van der Waals surface area contributed by atoms with Gasteiger partial charge in [-0.3, -0.25) is 4.79 Å². The largest absolute Gasteiger partial charge is 0.341 e. The summed E-state index contributed by atoms with van der Waals surface area (Å²) in [5.74, 6) is 5.94. The Morgan fingerprint density at radius 1 is 1.59 bits per heavy atom. The second-order valence-corrected chi connectivity index (χ2v) is 4.67. The number of pyridine rings is 1. The monoisotopic (exact) mass is 256 g/mol. The van der Waals surface area contributed by atoms with Crippen LogP contribution in [-0.4, -0.2) is 29.4 Å². The zero-order valence-electron chi connectivity index (χ0n) is 10.2. The highest BCUT2D eigenvalue weighted by atomic mass is 35.5. The molecule has 0 aliphatic rings. The standard InChI is InChI=1S/C11H17ClN4O/c1-7(2)6-16(3)11(17)8-4-9(12)14-10(5-8)15-13/h4-5,7H,6,13H2,1-3H3,(H,14,15). The highest BCUT2D eigenvalue weighted by molar-refractivity contribution is 6.29. The molecule has 3 N–H and O–H groups in total. The number of hydrogen-bond acceptors (Lipinski definition) is 4. The predicted molar refractivity (Wildman–Crippen MR) is 68.9 cm³/mol. The van der Waals surface area contributed by atoms with Crippen LogP contribution in [0, 0.1) is 5.92 Å². The smallest absolute Gasteiger partial charge is 0.253 e. The number of rotatable bonds is 4. The summed E-state index contributed by atoms with van der Waals surface area (Å²) in [7, 11) is 1.76. The van der Waals surface area contributed by atoms with Crippen LogP contribution in [0.2, 0.25) is 5.15 Å². The highest BCUT2D eigenvalue weighted by Crippen LogP contribution is 2.15. The minimum Gasteiger partial charge on any atom is -0.341 e. The van der Waals surface area contributed by atoms with Crippen molar-refractivity contribution in [1.82, 2.24) is 9.88 Å². The number of anilines is 1. The van der Waals surface area contributed by atoms with Crippen molar-refractivity contribution in [3.05, 3.63) is 22.8 Å². The van der Waals surface area contributed by atoms with Gasteiger partial charge in [0, 0.05) is 19.2 Å². The van der Waals surface area contributed by atoms with Crippen molar-refractivity contribution in [3.63, 3.8) is 0 Å². The summed E-state index contributed by atoms with van der Waals surface area (Å²) in [6.07, 6.45) is 0. The third-order valence-corrected chi connectivity index (χ3v) is 2.37. The van der Waals surface area contributed by atoms with Crippen molar-refractivity contribution >= 4 is 23.3 Å². The van der Waals surface area contributed by atoms with E-state index in [1.807, 2.05) is 0 Å². The van der Waals surface area contributed by atoms with Gasteiger partial charge in [-0.2, -0.15) is 0 Å². The van der Waals surface area contributed by atoms with E-state index in [0.717, 1.165) is 0 Å². The third-order valence-electron chi connectivity index (χ3n) is 2.17. The maximum Gasteiger partial charge on any atom is 0.253 e. The molecule has 0 spiro atoms. The van der Waals surface area contributed by atoms with Gasteiger partial charge in [0.2, 0.25) is 0 Å². The van der Waals surface area contributed by atoms with Crippen molar-refractivity contribution in [2.75, 3.05) is 19.0 Å². The molecule has 1 aromatic heterocycles. The van der Waals surface area contributed by atoms with Gasteiger partial charge in [-0.15, -0.1) is 0 Å². The minimum atomic E-state index is -0.0977. The molecule has 0 aromatic carbocycles. The van der Waals surface area contributed by atoms with Gasteiger partial charge in [0.15, 0.2) is 0 Å². The summed E-state index contributed by atoms with van der Waals surface area (Å²) in [5.41, 5.74) is 2.85. The first-order valence-electron chi connectivity index (χ1n) is 5.33. The number of nitrogens with two attached hydrogens (primary N) is 1. The molecule has 1 rings (SSSR count). The number of hydrogen-bond donors (Lipinski definition) is 2. The Bertz CT molecular complexity index is 408. The molecule has 94 valence electrons. The predicted octanol–water partition coefficient (Wildman–Crippen LogP) is 1.75. The number of nitrogens with zero attached hydrogens (tertiary/aromatic N) is 2. The van der Waals surface area contributed by atoms with Crippen LogP contribution in [0.4, 0.5) is 5.82 Å². The number of nitrogen functional groups attached to an aromatic ring is 1. The second kappa shape index (κ2) is 5.84. The third kappa shape index (κ3) is 3.87. The van der Waals surface area contributed by atoms with Crippen LogP contribution in [-0.2, 0) is 0 Å². The number of halogens is 1. The van der Waals surface area contributed by atoms with E-state index in [2.05, 4.69) is 24.3 Å².